The lowest BCUT2D eigenvalue weighted by Gasteiger charge is -2.17. The molecule has 2 amide bonds. The smallest absolute Gasteiger partial charge is 0.251 e. The second-order valence-corrected chi connectivity index (χ2v) is 8.83. The molecule has 2 aromatic heterocycles. The second-order valence-electron chi connectivity index (χ2n) is 7.50. The number of thiophene rings is 1. The Kier molecular flexibility index (Phi) is 6.84. The number of nitrogens with zero attached hydrogens (tertiary/aromatic N) is 2. The van der Waals surface area contributed by atoms with Gasteiger partial charge in [0, 0.05) is 17.8 Å². The number of hydrogen-bond acceptors (Lipinski definition) is 5. The number of anilines is 1. The van der Waals surface area contributed by atoms with Gasteiger partial charge >= 0.3 is 0 Å². The van der Waals surface area contributed by atoms with Crippen molar-refractivity contribution in [2.75, 3.05) is 11.9 Å². The Labute approximate surface area is 184 Å². The molecule has 1 atom stereocenters. The molecule has 0 saturated heterocycles. The molecule has 0 aliphatic rings. The van der Waals surface area contributed by atoms with E-state index in [9.17, 15) is 9.59 Å². The minimum Gasteiger partial charge on any atom is -0.352 e. The first-order chi connectivity index (χ1) is 14.3. The fourth-order valence-electron chi connectivity index (χ4n) is 2.94. The van der Waals surface area contributed by atoms with Gasteiger partial charge < -0.3 is 10.6 Å². The summed E-state index contributed by atoms with van der Waals surface area (Å²) in [6, 6.07) is 8.53. The fourth-order valence-corrected chi connectivity index (χ4v) is 3.94. The van der Waals surface area contributed by atoms with Gasteiger partial charge in [-0.25, -0.2) is 0 Å². The van der Waals surface area contributed by atoms with Crippen molar-refractivity contribution in [2.24, 2.45) is 5.92 Å². The molecule has 0 aliphatic heterocycles. The van der Waals surface area contributed by atoms with Gasteiger partial charge in [0.25, 0.3) is 5.91 Å². The van der Waals surface area contributed by atoms with Crippen LogP contribution >= 0.6 is 23.6 Å². The maximum absolute atomic E-state index is 12.9. The van der Waals surface area contributed by atoms with Crippen molar-refractivity contribution in [2.45, 2.75) is 33.7 Å². The standard InChI is InChI=1S/C21H25N5O2S2/c1-12(2)11-22-20(28)15-7-8-16(13(3)10-15)23-19(27)14(4)26-18(24-25-21(26)29)17-6-5-9-30-17/h5-10,12,14H,11H2,1-4H3,(H,22,28)(H,23,27)(H,25,29). The van der Waals surface area contributed by atoms with Gasteiger partial charge in [0.2, 0.25) is 5.91 Å². The first-order valence-corrected chi connectivity index (χ1v) is 11.0. The average Bonchev–Trinajstić information content (AvgIpc) is 3.36. The Morgan fingerprint density at radius 2 is 2.03 bits per heavy atom. The number of rotatable bonds is 7. The van der Waals surface area contributed by atoms with E-state index in [4.69, 9.17) is 12.2 Å². The van der Waals surface area contributed by atoms with Crippen LogP contribution < -0.4 is 10.6 Å². The molecular formula is C21H25N5O2S2. The third-order valence-corrected chi connectivity index (χ3v) is 5.78. The van der Waals surface area contributed by atoms with Crippen LogP contribution in [0.1, 0.15) is 42.7 Å². The number of H-pyrrole nitrogens is 1. The third-order valence-electron chi connectivity index (χ3n) is 4.63. The van der Waals surface area contributed by atoms with Gasteiger partial charge in [-0.3, -0.25) is 19.3 Å². The van der Waals surface area contributed by atoms with E-state index >= 15 is 0 Å². The first-order valence-electron chi connectivity index (χ1n) is 9.68. The summed E-state index contributed by atoms with van der Waals surface area (Å²) in [4.78, 5) is 26.1. The molecule has 3 aromatic rings. The summed E-state index contributed by atoms with van der Waals surface area (Å²) in [5.74, 6) is 0.671. The number of aromatic nitrogens is 3. The quantitative estimate of drug-likeness (QED) is 0.467. The minimum atomic E-state index is -0.568. The van der Waals surface area contributed by atoms with Crippen LogP contribution in [-0.2, 0) is 4.79 Å². The highest BCUT2D eigenvalue weighted by Gasteiger charge is 2.22. The molecule has 0 bridgehead atoms. The molecule has 3 N–H and O–H groups in total. The van der Waals surface area contributed by atoms with Crippen LogP contribution in [0.3, 0.4) is 0 Å². The lowest BCUT2D eigenvalue weighted by molar-refractivity contribution is -0.118. The molecule has 0 saturated carbocycles. The normalized spacial score (nSPS) is 12.0. The summed E-state index contributed by atoms with van der Waals surface area (Å²) in [6.07, 6.45) is 0. The lowest BCUT2D eigenvalue weighted by atomic mass is 10.1. The number of carbonyl (C=O) groups is 2. The van der Waals surface area contributed by atoms with E-state index in [0.717, 1.165) is 10.4 Å². The average molecular weight is 444 g/mol. The van der Waals surface area contributed by atoms with E-state index in [1.54, 1.807) is 29.7 Å². The van der Waals surface area contributed by atoms with Crippen molar-refractivity contribution in [1.29, 1.82) is 0 Å². The highest BCUT2D eigenvalue weighted by atomic mass is 32.1. The van der Waals surface area contributed by atoms with Crippen LogP contribution in [0.25, 0.3) is 10.7 Å². The van der Waals surface area contributed by atoms with Crippen molar-refractivity contribution >= 4 is 41.1 Å². The number of aryl methyl sites for hydroxylation is 1. The van der Waals surface area contributed by atoms with E-state index < -0.39 is 6.04 Å². The SMILES string of the molecule is Cc1cc(C(=O)NCC(C)C)ccc1NC(=O)C(C)n1c(-c2cccs2)n[nH]c1=S. The zero-order chi connectivity index (χ0) is 21.8. The van der Waals surface area contributed by atoms with Gasteiger partial charge in [-0.1, -0.05) is 19.9 Å². The highest BCUT2D eigenvalue weighted by molar-refractivity contribution is 7.71. The minimum absolute atomic E-state index is 0.122. The molecule has 2 heterocycles. The summed E-state index contributed by atoms with van der Waals surface area (Å²) in [5, 5.41) is 14.8. The number of nitrogens with one attached hydrogen (secondary N) is 3. The molecule has 0 fully saturated rings. The van der Waals surface area contributed by atoms with E-state index in [0.29, 0.717) is 34.3 Å². The van der Waals surface area contributed by atoms with Gasteiger partial charge in [-0.15, -0.1) is 11.3 Å². The molecule has 1 unspecified atom stereocenters. The van der Waals surface area contributed by atoms with Gasteiger partial charge in [0.15, 0.2) is 10.6 Å². The predicted octanol–water partition coefficient (Wildman–Crippen LogP) is 4.56. The Morgan fingerprint density at radius 3 is 2.67 bits per heavy atom. The number of amides is 2. The van der Waals surface area contributed by atoms with Crippen molar-refractivity contribution in [3.8, 4) is 10.7 Å². The summed E-state index contributed by atoms with van der Waals surface area (Å²) in [6.45, 7) is 8.34. The van der Waals surface area contributed by atoms with Gasteiger partial charge in [-0.2, -0.15) is 5.10 Å². The number of benzene rings is 1. The largest absolute Gasteiger partial charge is 0.352 e. The predicted molar refractivity (Wildman–Crippen MR) is 122 cm³/mol. The summed E-state index contributed by atoms with van der Waals surface area (Å²) in [7, 11) is 0. The number of aromatic amines is 1. The van der Waals surface area contributed by atoms with Crippen molar-refractivity contribution in [3.63, 3.8) is 0 Å². The van der Waals surface area contributed by atoms with Crippen molar-refractivity contribution < 1.29 is 9.59 Å². The maximum atomic E-state index is 12.9. The maximum Gasteiger partial charge on any atom is 0.251 e. The van der Waals surface area contributed by atoms with E-state index in [-0.39, 0.29) is 11.8 Å². The Balaban J connectivity index is 1.76. The molecule has 7 nitrogen and oxygen atoms in total. The van der Waals surface area contributed by atoms with Crippen LogP contribution in [0.15, 0.2) is 35.7 Å². The highest BCUT2D eigenvalue weighted by Crippen LogP contribution is 2.26. The second kappa shape index (κ2) is 9.36. The van der Waals surface area contributed by atoms with Crippen LogP contribution in [0.5, 0.6) is 0 Å². The molecule has 0 radical (unpaired) electrons. The molecular weight excluding hydrogens is 418 g/mol. The number of hydrogen-bond donors (Lipinski definition) is 3. The fraction of sp³-hybridized carbons (Fsp3) is 0.333. The molecule has 0 aliphatic carbocycles. The monoisotopic (exact) mass is 443 g/mol. The van der Waals surface area contributed by atoms with Crippen LogP contribution in [-0.4, -0.2) is 33.1 Å². The summed E-state index contributed by atoms with van der Waals surface area (Å²) in [5.41, 5.74) is 2.03. The van der Waals surface area contributed by atoms with Gasteiger partial charge in [-0.05, 0) is 67.2 Å². The zero-order valence-electron chi connectivity index (χ0n) is 17.4. The van der Waals surface area contributed by atoms with E-state index in [1.807, 2.05) is 38.3 Å². The zero-order valence-corrected chi connectivity index (χ0v) is 19.0. The molecule has 158 valence electrons. The van der Waals surface area contributed by atoms with Crippen molar-refractivity contribution in [1.82, 2.24) is 20.1 Å². The molecule has 3 rings (SSSR count). The third kappa shape index (κ3) is 4.85. The number of carbonyl (C=O) groups excluding carboxylic acids is 2. The van der Waals surface area contributed by atoms with Gasteiger partial charge in [0.1, 0.15) is 6.04 Å². The molecule has 9 heteroatoms. The first kappa shape index (κ1) is 21.9. The Morgan fingerprint density at radius 1 is 1.27 bits per heavy atom. The Bertz CT molecular complexity index is 1100. The van der Waals surface area contributed by atoms with Gasteiger partial charge in [0.05, 0.1) is 4.88 Å². The molecule has 30 heavy (non-hydrogen) atoms. The molecule has 0 spiro atoms. The van der Waals surface area contributed by atoms with Crippen molar-refractivity contribution in [3.05, 3.63) is 51.6 Å². The van der Waals surface area contributed by atoms with Crippen LogP contribution in [0, 0.1) is 17.6 Å². The van der Waals surface area contributed by atoms with Crippen LogP contribution in [0.4, 0.5) is 5.69 Å². The topological polar surface area (TPSA) is 91.8 Å². The summed E-state index contributed by atoms with van der Waals surface area (Å²) < 4.78 is 2.09. The van der Waals surface area contributed by atoms with Crippen LogP contribution in [0.2, 0.25) is 0 Å². The Hall–Kier alpha value is -2.78. The van der Waals surface area contributed by atoms with E-state index in [1.165, 1.54) is 11.3 Å². The lowest BCUT2D eigenvalue weighted by Crippen LogP contribution is -2.27. The summed E-state index contributed by atoms with van der Waals surface area (Å²) >= 11 is 6.88. The molecule has 1 aromatic carbocycles. The van der Waals surface area contributed by atoms with E-state index in [2.05, 4.69) is 20.8 Å².